The van der Waals surface area contributed by atoms with Gasteiger partial charge in [0.15, 0.2) is 11.5 Å². The molecule has 9 heteroatoms. The van der Waals surface area contributed by atoms with Crippen LogP contribution in [0.3, 0.4) is 0 Å². The number of methoxy groups -OCH3 is 1. The van der Waals surface area contributed by atoms with Crippen molar-refractivity contribution in [3.63, 3.8) is 0 Å². The molecule has 1 aliphatic heterocycles. The van der Waals surface area contributed by atoms with Gasteiger partial charge in [-0.1, -0.05) is 6.07 Å². The fraction of sp³-hybridized carbons (Fsp3) is 0.300. The zero-order valence-electron chi connectivity index (χ0n) is 15.7. The quantitative estimate of drug-likeness (QED) is 0.712. The summed E-state index contributed by atoms with van der Waals surface area (Å²) in [5.74, 6) is 0.501. The number of benzene rings is 2. The average Bonchev–Trinajstić information content (AvgIpc) is 2.87. The molecular weight excluding hydrogens is 402 g/mol. The number of fused-ring (bicyclic) bond motifs is 1. The van der Waals surface area contributed by atoms with Crippen LogP contribution in [0.25, 0.3) is 0 Å². The van der Waals surface area contributed by atoms with Crippen LogP contribution in [0.15, 0.2) is 41.3 Å². The minimum Gasteiger partial charge on any atom is -0.493 e. The van der Waals surface area contributed by atoms with E-state index in [0.717, 1.165) is 4.90 Å². The maximum absolute atomic E-state index is 12.5. The maximum Gasteiger partial charge on any atom is 0.387 e. The second-order valence-corrected chi connectivity index (χ2v) is 7.36. The van der Waals surface area contributed by atoms with Gasteiger partial charge in [-0.3, -0.25) is 9.59 Å². The Morgan fingerprint density at radius 3 is 2.83 bits per heavy atom. The second-order valence-electron chi connectivity index (χ2n) is 6.23. The molecule has 2 aromatic rings. The van der Waals surface area contributed by atoms with E-state index in [1.165, 1.54) is 13.2 Å². The van der Waals surface area contributed by atoms with Gasteiger partial charge in [0.25, 0.3) is 5.91 Å². The van der Waals surface area contributed by atoms with Crippen LogP contribution >= 0.6 is 11.8 Å². The molecule has 0 saturated heterocycles. The van der Waals surface area contributed by atoms with E-state index < -0.39 is 6.61 Å². The molecule has 2 aromatic carbocycles. The van der Waals surface area contributed by atoms with Crippen molar-refractivity contribution in [3.8, 4) is 11.5 Å². The lowest BCUT2D eigenvalue weighted by Crippen LogP contribution is -2.25. The smallest absolute Gasteiger partial charge is 0.387 e. The predicted molar refractivity (Wildman–Crippen MR) is 106 cm³/mol. The fourth-order valence-corrected chi connectivity index (χ4v) is 3.79. The summed E-state index contributed by atoms with van der Waals surface area (Å²) in [6, 6.07) is 9.91. The Morgan fingerprint density at radius 1 is 1.24 bits per heavy atom. The number of carbonyl (C=O) groups excluding carboxylic acids is 2. The van der Waals surface area contributed by atoms with E-state index in [1.54, 1.807) is 36.0 Å². The van der Waals surface area contributed by atoms with Crippen molar-refractivity contribution in [2.24, 2.45) is 0 Å². The van der Waals surface area contributed by atoms with Crippen molar-refractivity contribution in [2.75, 3.05) is 24.7 Å². The minimum atomic E-state index is -2.95. The van der Waals surface area contributed by atoms with Gasteiger partial charge in [-0.25, -0.2) is 0 Å². The Bertz CT molecular complexity index is 908. The summed E-state index contributed by atoms with van der Waals surface area (Å²) in [4.78, 5) is 25.1. The molecule has 6 nitrogen and oxygen atoms in total. The summed E-state index contributed by atoms with van der Waals surface area (Å²) in [6.07, 6.45) is 0.854. The van der Waals surface area contributed by atoms with Gasteiger partial charge in [0.05, 0.1) is 12.8 Å². The van der Waals surface area contributed by atoms with Crippen molar-refractivity contribution in [2.45, 2.75) is 24.3 Å². The molecule has 1 heterocycles. The Hall–Kier alpha value is -2.81. The molecule has 2 amide bonds. The van der Waals surface area contributed by atoms with E-state index in [2.05, 4.69) is 15.4 Å². The molecule has 0 aromatic heterocycles. The highest BCUT2D eigenvalue weighted by molar-refractivity contribution is 7.99. The van der Waals surface area contributed by atoms with Crippen LogP contribution < -0.4 is 20.1 Å². The highest BCUT2D eigenvalue weighted by Crippen LogP contribution is 2.32. The monoisotopic (exact) mass is 422 g/mol. The number of hydrogen-bond donors (Lipinski definition) is 2. The summed E-state index contributed by atoms with van der Waals surface area (Å²) in [6.45, 7) is -2.65. The van der Waals surface area contributed by atoms with Gasteiger partial charge in [-0.05, 0) is 42.3 Å². The third-order valence-electron chi connectivity index (χ3n) is 4.25. The van der Waals surface area contributed by atoms with Crippen LogP contribution in [-0.4, -0.2) is 37.8 Å². The van der Waals surface area contributed by atoms with Gasteiger partial charge in [0.2, 0.25) is 5.91 Å². The van der Waals surface area contributed by atoms with Crippen molar-refractivity contribution in [1.82, 2.24) is 5.32 Å². The molecule has 2 N–H and O–H groups in total. The molecule has 0 unspecified atom stereocenters. The van der Waals surface area contributed by atoms with Crippen molar-refractivity contribution in [1.29, 1.82) is 0 Å². The Balaban J connectivity index is 1.61. The molecule has 3 rings (SSSR count). The van der Waals surface area contributed by atoms with Crippen molar-refractivity contribution < 1.29 is 27.8 Å². The third-order valence-corrected chi connectivity index (χ3v) is 5.32. The maximum atomic E-state index is 12.5. The average molecular weight is 422 g/mol. The summed E-state index contributed by atoms with van der Waals surface area (Å²) >= 11 is 1.57. The lowest BCUT2D eigenvalue weighted by atomic mass is 10.1. The topological polar surface area (TPSA) is 76.7 Å². The Morgan fingerprint density at radius 2 is 2.07 bits per heavy atom. The van der Waals surface area contributed by atoms with E-state index in [0.29, 0.717) is 42.0 Å². The first-order chi connectivity index (χ1) is 14.0. The molecule has 1 aliphatic rings. The van der Waals surface area contributed by atoms with E-state index in [9.17, 15) is 18.4 Å². The number of carbonyl (C=O) groups is 2. The number of thioether (sulfide) groups is 1. The largest absolute Gasteiger partial charge is 0.493 e. The normalized spacial score (nSPS) is 13.3. The Kier molecular flexibility index (Phi) is 6.92. The zero-order valence-corrected chi connectivity index (χ0v) is 16.5. The van der Waals surface area contributed by atoms with E-state index in [4.69, 9.17) is 4.74 Å². The number of amides is 2. The SMILES string of the molecule is COc1ccc(CCNC(=O)c2ccc3c(c2)NC(=O)CCS3)cc1OC(F)F. The summed E-state index contributed by atoms with van der Waals surface area (Å²) < 4.78 is 34.5. The number of alkyl halides is 2. The number of ether oxygens (including phenoxy) is 2. The van der Waals surface area contributed by atoms with E-state index >= 15 is 0 Å². The molecule has 0 fully saturated rings. The summed E-state index contributed by atoms with van der Waals surface area (Å²) in [5.41, 5.74) is 1.78. The standard InChI is InChI=1S/C20H20F2N2O4S/c1-27-15-4-2-12(10-16(15)28-20(21)22)6-8-23-19(26)13-3-5-17-14(11-13)24-18(25)7-9-29-17/h2-5,10-11,20H,6-9H2,1H3,(H,23,26)(H,24,25). The van der Waals surface area contributed by atoms with Crippen LogP contribution in [0, 0.1) is 0 Å². The van der Waals surface area contributed by atoms with Crippen molar-refractivity contribution in [3.05, 3.63) is 47.5 Å². The Labute approximate surface area is 171 Å². The number of halogens is 2. The van der Waals surface area contributed by atoms with Crippen LogP contribution in [0.2, 0.25) is 0 Å². The molecular formula is C20H20F2N2O4S. The van der Waals surface area contributed by atoms with Gasteiger partial charge < -0.3 is 20.1 Å². The molecule has 0 saturated carbocycles. The molecule has 0 radical (unpaired) electrons. The van der Waals surface area contributed by atoms with Crippen molar-refractivity contribution >= 4 is 29.3 Å². The van der Waals surface area contributed by atoms with Crippen LogP contribution in [0.1, 0.15) is 22.3 Å². The summed E-state index contributed by atoms with van der Waals surface area (Å²) in [7, 11) is 1.37. The van der Waals surface area contributed by atoms with E-state index in [-0.39, 0.29) is 23.3 Å². The lowest BCUT2D eigenvalue weighted by molar-refractivity contribution is -0.115. The molecule has 0 bridgehead atoms. The molecule has 29 heavy (non-hydrogen) atoms. The molecule has 0 spiro atoms. The van der Waals surface area contributed by atoms with Crippen LogP contribution in [-0.2, 0) is 11.2 Å². The predicted octanol–water partition coefficient (Wildman–Crippen LogP) is 3.70. The first-order valence-corrected chi connectivity index (χ1v) is 9.91. The van der Waals surface area contributed by atoms with Gasteiger partial charge in [0, 0.05) is 29.2 Å². The van der Waals surface area contributed by atoms with Crippen LogP contribution in [0.4, 0.5) is 14.5 Å². The highest BCUT2D eigenvalue weighted by atomic mass is 32.2. The second kappa shape index (κ2) is 9.60. The molecule has 154 valence electrons. The minimum absolute atomic E-state index is 0.0506. The van der Waals surface area contributed by atoms with E-state index in [1.807, 2.05) is 6.07 Å². The number of anilines is 1. The van der Waals surface area contributed by atoms with Gasteiger partial charge >= 0.3 is 6.61 Å². The fourth-order valence-electron chi connectivity index (χ4n) is 2.85. The van der Waals surface area contributed by atoms with Gasteiger partial charge in [0.1, 0.15) is 0 Å². The number of rotatable bonds is 7. The van der Waals surface area contributed by atoms with Gasteiger partial charge in [-0.2, -0.15) is 8.78 Å². The lowest BCUT2D eigenvalue weighted by Gasteiger charge is -2.12. The highest BCUT2D eigenvalue weighted by Gasteiger charge is 2.16. The number of nitrogens with one attached hydrogen (secondary N) is 2. The number of hydrogen-bond acceptors (Lipinski definition) is 5. The van der Waals surface area contributed by atoms with Gasteiger partial charge in [-0.15, -0.1) is 11.8 Å². The molecule has 0 aliphatic carbocycles. The zero-order chi connectivity index (χ0) is 20.8. The molecule has 0 atom stereocenters. The summed E-state index contributed by atoms with van der Waals surface area (Å²) in [5, 5.41) is 5.60. The van der Waals surface area contributed by atoms with Crippen LogP contribution in [0.5, 0.6) is 11.5 Å². The first-order valence-electron chi connectivity index (χ1n) is 8.93. The first kappa shape index (κ1) is 20.9. The third kappa shape index (κ3) is 5.60.